The Balaban J connectivity index is 2.22. The maximum atomic E-state index is 12.7. The Morgan fingerprint density at radius 3 is 2.64 bits per heavy atom. The monoisotopic (exact) mass is 194 g/mol. The van der Waals surface area contributed by atoms with Gasteiger partial charge >= 0.3 is 0 Å². The molecule has 1 fully saturated rings. The molecule has 0 aliphatic heterocycles. The van der Waals surface area contributed by atoms with Crippen LogP contribution in [0.1, 0.15) is 31.9 Å². The molecule has 2 unspecified atom stereocenters. The van der Waals surface area contributed by atoms with Crippen molar-refractivity contribution in [2.45, 2.75) is 32.2 Å². The van der Waals surface area contributed by atoms with Crippen LogP contribution < -0.4 is 5.73 Å². The number of halogens is 1. The normalized spacial score (nSPS) is 29.7. The summed E-state index contributed by atoms with van der Waals surface area (Å²) in [5.41, 5.74) is 6.96. The first-order chi connectivity index (χ1) is 6.51. The maximum absolute atomic E-state index is 12.7. The van der Waals surface area contributed by atoms with E-state index in [0.29, 0.717) is 5.92 Å². The lowest BCUT2D eigenvalue weighted by Gasteiger charge is -2.50. The van der Waals surface area contributed by atoms with Crippen LogP contribution in [0.5, 0.6) is 0 Å². The summed E-state index contributed by atoms with van der Waals surface area (Å²) in [6.07, 6.45) is 2.22. The van der Waals surface area contributed by atoms with E-state index in [0.717, 1.165) is 12.1 Å². The van der Waals surface area contributed by atoms with Gasteiger partial charge in [0, 0.05) is 17.7 Å². The topological polar surface area (TPSA) is 38.9 Å². The zero-order chi connectivity index (χ0) is 10.3. The van der Waals surface area contributed by atoms with Crippen molar-refractivity contribution >= 4 is 0 Å². The van der Waals surface area contributed by atoms with E-state index in [1.807, 2.05) is 0 Å². The summed E-state index contributed by atoms with van der Waals surface area (Å²) in [6.45, 7) is 4.27. The first-order valence-corrected chi connectivity index (χ1v) is 4.89. The fourth-order valence-electron chi connectivity index (χ4n) is 2.05. The molecule has 1 aliphatic rings. The summed E-state index contributed by atoms with van der Waals surface area (Å²) < 4.78 is 12.7. The highest BCUT2D eigenvalue weighted by atomic mass is 19.1. The van der Waals surface area contributed by atoms with Gasteiger partial charge in [0.2, 0.25) is 0 Å². The van der Waals surface area contributed by atoms with E-state index >= 15 is 0 Å². The molecule has 0 amide bonds. The summed E-state index contributed by atoms with van der Waals surface area (Å²) in [5, 5.41) is 0. The van der Waals surface area contributed by atoms with Gasteiger partial charge in [-0.05, 0) is 24.0 Å². The number of hydrogen-bond acceptors (Lipinski definition) is 2. The van der Waals surface area contributed by atoms with Crippen LogP contribution in [0.2, 0.25) is 0 Å². The van der Waals surface area contributed by atoms with Gasteiger partial charge in [-0.25, -0.2) is 4.39 Å². The van der Waals surface area contributed by atoms with Gasteiger partial charge in [0.15, 0.2) is 0 Å². The minimum Gasteiger partial charge on any atom is -0.327 e. The summed E-state index contributed by atoms with van der Waals surface area (Å²) >= 11 is 0. The summed E-state index contributed by atoms with van der Waals surface area (Å²) in [7, 11) is 0. The van der Waals surface area contributed by atoms with Gasteiger partial charge in [-0.15, -0.1) is 0 Å². The van der Waals surface area contributed by atoms with Crippen LogP contribution in [-0.4, -0.2) is 11.0 Å². The van der Waals surface area contributed by atoms with Gasteiger partial charge in [0.25, 0.3) is 0 Å². The van der Waals surface area contributed by atoms with E-state index in [4.69, 9.17) is 5.73 Å². The third kappa shape index (κ3) is 1.32. The highest BCUT2D eigenvalue weighted by molar-refractivity contribution is 5.20. The number of pyridine rings is 1. The van der Waals surface area contributed by atoms with E-state index < -0.39 is 0 Å². The highest BCUT2D eigenvalue weighted by Gasteiger charge is 2.47. The second-order valence-corrected chi connectivity index (χ2v) is 4.62. The Bertz CT molecular complexity index is 332. The minimum atomic E-state index is -0.282. The third-order valence-corrected chi connectivity index (χ3v) is 3.45. The molecular formula is C11H15FN2. The molecular weight excluding hydrogens is 179 g/mol. The highest BCUT2D eigenvalue weighted by Crippen LogP contribution is 2.50. The molecule has 14 heavy (non-hydrogen) atoms. The molecule has 76 valence electrons. The maximum Gasteiger partial charge on any atom is 0.141 e. The minimum absolute atomic E-state index is 0.0881. The summed E-state index contributed by atoms with van der Waals surface area (Å²) in [4.78, 5) is 4.10. The van der Waals surface area contributed by atoms with Crippen molar-refractivity contribution in [3.63, 3.8) is 0 Å². The van der Waals surface area contributed by atoms with E-state index in [9.17, 15) is 4.39 Å². The van der Waals surface area contributed by atoms with E-state index in [1.165, 1.54) is 12.3 Å². The standard InChI is InChI=1S/C11H15FN2/c1-11(2)8(5-10(11)13)9-4-3-7(12)6-14-9/h3-4,6,8,10H,5,13H2,1-2H3. The number of nitrogens with zero attached hydrogens (tertiary/aromatic N) is 1. The zero-order valence-electron chi connectivity index (χ0n) is 8.50. The predicted molar refractivity (Wildman–Crippen MR) is 53.3 cm³/mol. The SMILES string of the molecule is CC1(C)C(N)CC1c1ccc(F)cn1. The van der Waals surface area contributed by atoms with Crippen LogP contribution in [0.3, 0.4) is 0 Å². The lowest BCUT2D eigenvalue weighted by molar-refractivity contribution is 0.0953. The smallest absolute Gasteiger partial charge is 0.141 e. The van der Waals surface area contributed by atoms with Crippen LogP contribution in [0.4, 0.5) is 4.39 Å². The molecule has 2 N–H and O–H groups in total. The molecule has 1 aromatic heterocycles. The van der Waals surface area contributed by atoms with Crippen molar-refractivity contribution in [2.24, 2.45) is 11.1 Å². The van der Waals surface area contributed by atoms with Gasteiger partial charge < -0.3 is 5.73 Å². The van der Waals surface area contributed by atoms with Crippen molar-refractivity contribution in [2.75, 3.05) is 0 Å². The molecule has 0 aromatic carbocycles. The van der Waals surface area contributed by atoms with Crippen LogP contribution >= 0.6 is 0 Å². The number of aromatic nitrogens is 1. The van der Waals surface area contributed by atoms with Gasteiger partial charge in [0.05, 0.1) is 6.20 Å². The van der Waals surface area contributed by atoms with Crippen LogP contribution in [0.15, 0.2) is 18.3 Å². The van der Waals surface area contributed by atoms with Gasteiger partial charge in [-0.1, -0.05) is 13.8 Å². The van der Waals surface area contributed by atoms with Crippen molar-refractivity contribution in [3.8, 4) is 0 Å². The first kappa shape index (κ1) is 9.59. The molecule has 0 spiro atoms. The molecule has 1 saturated carbocycles. The Kier molecular flexibility index (Phi) is 2.07. The van der Waals surface area contributed by atoms with E-state index in [2.05, 4.69) is 18.8 Å². The number of hydrogen-bond donors (Lipinski definition) is 1. The van der Waals surface area contributed by atoms with Crippen molar-refractivity contribution in [1.29, 1.82) is 0 Å². The van der Waals surface area contributed by atoms with Crippen molar-refractivity contribution in [3.05, 3.63) is 29.8 Å². The molecule has 0 radical (unpaired) electrons. The van der Waals surface area contributed by atoms with Crippen LogP contribution in [-0.2, 0) is 0 Å². The number of nitrogens with two attached hydrogens (primary N) is 1. The van der Waals surface area contributed by atoms with E-state index in [-0.39, 0.29) is 17.3 Å². The fraction of sp³-hybridized carbons (Fsp3) is 0.545. The van der Waals surface area contributed by atoms with Crippen LogP contribution in [0.25, 0.3) is 0 Å². The van der Waals surface area contributed by atoms with Crippen molar-refractivity contribution < 1.29 is 4.39 Å². The van der Waals surface area contributed by atoms with Gasteiger partial charge in [-0.3, -0.25) is 4.98 Å². The average molecular weight is 194 g/mol. The molecule has 0 bridgehead atoms. The van der Waals surface area contributed by atoms with Gasteiger partial charge in [-0.2, -0.15) is 0 Å². The molecule has 1 heterocycles. The Morgan fingerprint density at radius 2 is 2.21 bits per heavy atom. The Morgan fingerprint density at radius 1 is 1.50 bits per heavy atom. The largest absolute Gasteiger partial charge is 0.327 e. The molecule has 1 aromatic rings. The number of rotatable bonds is 1. The van der Waals surface area contributed by atoms with Crippen molar-refractivity contribution in [1.82, 2.24) is 4.98 Å². The molecule has 2 nitrogen and oxygen atoms in total. The Hall–Kier alpha value is -0.960. The molecule has 3 heteroatoms. The quantitative estimate of drug-likeness (QED) is 0.743. The first-order valence-electron chi connectivity index (χ1n) is 4.89. The lowest BCUT2D eigenvalue weighted by Crippen LogP contribution is -2.53. The fourth-order valence-corrected chi connectivity index (χ4v) is 2.05. The molecule has 2 atom stereocenters. The summed E-state index contributed by atoms with van der Waals surface area (Å²) in [5.74, 6) is 0.0910. The average Bonchev–Trinajstić information content (AvgIpc) is 2.16. The zero-order valence-corrected chi connectivity index (χ0v) is 8.50. The van der Waals surface area contributed by atoms with Gasteiger partial charge in [0.1, 0.15) is 5.82 Å². The van der Waals surface area contributed by atoms with E-state index in [1.54, 1.807) is 6.07 Å². The molecule has 1 aliphatic carbocycles. The second kappa shape index (κ2) is 3.02. The second-order valence-electron chi connectivity index (χ2n) is 4.62. The third-order valence-electron chi connectivity index (χ3n) is 3.45. The lowest BCUT2D eigenvalue weighted by atomic mass is 9.58. The Labute approximate surface area is 83.3 Å². The predicted octanol–water partition coefficient (Wildman–Crippen LogP) is 2.06. The molecule has 0 saturated heterocycles. The molecule has 2 rings (SSSR count). The van der Waals surface area contributed by atoms with Crippen LogP contribution in [0, 0.1) is 11.2 Å². The summed E-state index contributed by atoms with van der Waals surface area (Å²) in [6, 6.07) is 3.45.